The third-order valence-corrected chi connectivity index (χ3v) is 3.91. The van der Waals surface area contributed by atoms with Crippen molar-refractivity contribution in [3.8, 4) is 11.8 Å². The lowest BCUT2D eigenvalue weighted by atomic mass is 10.2. The summed E-state index contributed by atoms with van der Waals surface area (Å²) in [6.45, 7) is 6.81. The molecule has 1 fully saturated rings. The van der Waals surface area contributed by atoms with Gasteiger partial charge in [-0.25, -0.2) is 9.97 Å². The Morgan fingerprint density at radius 3 is 2.72 bits per heavy atom. The maximum Gasteiger partial charge on any atom is 0.321 e. The number of morpholine rings is 1. The molecule has 0 bridgehead atoms. The number of aromatic nitrogens is 2. The summed E-state index contributed by atoms with van der Waals surface area (Å²) in [6, 6.07) is 10.2. The molecular weight excluding hydrogens is 340 g/mol. The molecule has 0 saturated carbocycles. The van der Waals surface area contributed by atoms with Crippen molar-refractivity contribution in [2.75, 3.05) is 39.4 Å². The van der Waals surface area contributed by atoms with E-state index >= 15 is 0 Å². The summed E-state index contributed by atoms with van der Waals surface area (Å²) in [5.41, 5.74) is 1.19. The predicted octanol–water partition coefficient (Wildman–Crippen LogP) is 2.50. The second kappa shape index (κ2) is 11.0. The Bertz CT molecular complexity index is 609. The van der Waals surface area contributed by atoms with Gasteiger partial charge in [-0.1, -0.05) is 12.1 Å². The Labute approximate surface area is 155 Å². The molecule has 0 spiro atoms. The average Bonchev–Trinajstić information content (AvgIpc) is 2.63. The smallest absolute Gasteiger partial charge is 0.321 e. The summed E-state index contributed by atoms with van der Waals surface area (Å²) in [6.07, 6.45) is 4.48. The van der Waals surface area contributed by atoms with E-state index in [0.717, 1.165) is 58.1 Å². The van der Waals surface area contributed by atoms with Gasteiger partial charge >= 0.3 is 6.01 Å². The van der Waals surface area contributed by atoms with Gasteiger partial charge in [-0.2, -0.15) is 0 Å². The van der Waals surface area contributed by atoms with Gasteiger partial charge in [-0.3, -0.25) is 4.90 Å². The van der Waals surface area contributed by atoms with Crippen molar-refractivity contribution < 1.29 is 9.47 Å². The molecule has 0 amide bonds. The highest BCUT2D eigenvalue weighted by Crippen LogP contribution is 2.18. The van der Waals surface area contributed by atoms with Gasteiger partial charge < -0.3 is 14.8 Å². The Balaban J connectivity index is 0.00000225. The van der Waals surface area contributed by atoms with Crippen LogP contribution in [0.15, 0.2) is 42.7 Å². The van der Waals surface area contributed by atoms with Crippen LogP contribution in [0.4, 0.5) is 0 Å². The molecule has 2 heterocycles. The number of nitrogens with zero attached hydrogens (tertiary/aromatic N) is 3. The molecule has 0 unspecified atom stereocenters. The van der Waals surface area contributed by atoms with Gasteiger partial charge in [-0.05, 0) is 43.3 Å². The van der Waals surface area contributed by atoms with Gasteiger partial charge in [0.1, 0.15) is 5.75 Å². The first-order valence-electron chi connectivity index (χ1n) is 8.45. The molecule has 25 heavy (non-hydrogen) atoms. The van der Waals surface area contributed by atoms with E-state index in [-0.39, 0.29) is 12.4 Å². The quantitative estimate of drug-likeness (QED) is 0.726. The Hall–Kier alpha value is -1.73. The zero-order valence-electron chi connectivity index (χ0n) is 14.3. The number of rotatable bonds is 8. The van der Waals surface area contributed by atoms with Crippen molar-refractivity contribution in [1.82, 2.24) is 20.2 Å². The highest BCUT2D eigenvalue weighted by Gasteiger charge is 2.08. The second-order valence-electron chi connectivity index (χ2n) is 5.77. The molecule has 1 aliphatic rings. The van der Waals surface area contributed by atoms with Crippen molar-refractivity contribution in [2.24, 2.45) is 0 Å². The van der Waals surface area contributed by atoms with Gasteiger partial charge in [0.25, 0.3) is 0 Å². The molecule has 2 aromatic rings. The van der Waals surface area contributed by atoms with Gasteiger partial charge in [0, 0.05) is 32.0 Å². The highest BCUT2D eigenvalue weighted by atomic mass is 35.5. The van der Waals surface area contributed by atoms with E-state index in [9.17, 15) is 0 Å². The molecule has 0 aliphatic carbocycles. The molecule has 1 aromatic heterocycles. The zero-order valence-corrected chi connectivity index (χ0v) is 15.1. The molecule has 7 heteroatoms. The van der Waals surface area contributed by atoms with Crippen LogP contribution < -0.4 is 10.1 Å². The van der Waals surface area contributed by atoms with Gasteiger partial charge in [0.15, 0.2) is 0 Å². The maximum absolute atomic E-state index is 5.66. The summed E-state index contributed by atoms with van der Waals surface area (Å²) in [7, 11) is 0. The van der Waals surface area contributed by atoms with Gasteiger partial charge in [0.05, 0.1) is 13.2 Å². The molecule has 0 atom stereocenters. The largest absolute Gasteiger partial charge is 0.424 e. The fourth-order valence-electron chi connectivity index (χ4n) is 2.65. The van der Waals surface area contributed by atoms with Crippen molar-refractivity contribution in [2.45, 2.75) is 13.0 Å². The fourth-order valence-corrected chi connectivity index (χ4v) is 2.65. The van der Waals surface area contributed by atoms with E-state index in [0.29, 0.717) is 6.01 Å². The standard InChI is InChI=1S/C18H24N4O2.ClH/c1-4-16(14-17(5-1)24-18-20-7-2-8-21-18)15-19-6-3-9-22-10-12-23-13-11-22;/h1-2,4-5,7-8,14,19H,3,6,9-13,15H2;1H. The monoisotopic (exact) mass is 364 g/mol. The third kappa shape index (κ3) is 6.96. The van der Waals surface area contributed by atoms with E-state index in [1.54, 1.807) is 18.5 Å². The van der Waals surface area contributed by atoms with Crippen molar-refractivity contribution >= 4 is 12.4 Å². The molecule has 1 aromatic carbocycles. The third-order valence-electron chi connectivity index (χ3n) is 3.91. The van der Waals surface area contributed by atoms with E-state index in [2.05, 4.69) is 26.3 Å². The van der Waals surface area contributed by atoms with Crippen LogP contribution in [0, 0.1) is 0 Å². The van der Waals surface area contributed by atoms with Crippen LogP contribution in [-0.2, 0) is 11.3 Å². The van der Waals surface area contributed by atoms with Crippen LogP contribution >= 0.6 is 12.4 Å². The minimum atomic E-state index is 0. The van der Waals surface area contributed by atoms with E-state index in [4.69, 9.17) is 9.47 Å². The van der Waals surface area contributed by atoms with Crippen molar-refractivity contribution in [1.29, 1.82) is 0 Å². The molecule has 136 valence electrons. The summed E-state index contributed by atoms with van der Waals surface area (Å²) in [4.78, 5) is 10.6. The lowest BCUT2D eigenvalue weighted by Crippen LogP contribution is -2.37. The molecule has 0 radical (unpaired) electrons. The molecule has 1 saturated heterocycles. The SMILES string of the molecule is Cl.c1cnc(Oc2cccc(CNCCCN3CCOCC3)c2)nc1. The first-order chi connectivity index (χ1) is 11.9. The molecule has 6 nitrogen and oxygen atoms in total. The summed E-state index contributed by atoms with van der Waals surface area (Å²) >= 11 is 0. The van der Waals surface area contributed by atoms with Crippen molar-refractivity contribution in [3.63, 3.8) is 0 Å². The van der Waals surface area contributed by atoms with Crippen LogP contribution in [0.25, 0.3) is 0 Å². The van der Waals surface area contributed by atoms with Crippen LogP contribution in [0.5, 0.6) is 11.8 Å². The Morgan fingerprint density at radius 1 is 1.12 bits per heavy atom. The lowest BCUT2D eigenvalue weighted by Gasteiger charge is -2.26. The summed E-state index contributed by atoms with van der Waals surface area (Å²) in [5.74, 6) is 0.758. The summed E-state index contributed by atoms with van der Waals surface area (Å²) < 4.78 is 11.0. The lowest BCUT2D eigenvalue weighted by molar-refractivity contribution is 0.0374. The molecule has 1 N–H and O–H groups in total. The van der Waals surface area contributed by atoms with Gasteiger partial charge in [-0.15, -0.1) is 12.4 Å². The van der Waals surface area contributed by atoms with Crippen molar-refractivity contribution in [3.05, 3.63) is 48.3 Å². The van der Waals surface area contributed by atoms with Gasteiger partial charge in [0.2, 0.25) is 0 Å². The number of nitrogens with one attached hydrogen (secondary N) is 1. The molecule has 1 aliphatic heterocycles. The summed E-state index contributed by atoms with van der Waals surface area (Å²) in [5, 5.41) is 3.49. The highest BCUT2D eigenvalue weighted by molar-refractivity contribution is 5.85. The average molecular weight is 365 g/mol. The maximum atomic E-state index is 5.66. The fraction of sp³-hybridized carbons (Fsp3) is 0.444. The first-order valence-corrected chi connectivity index (χ1v) is 8.45. The van der Waals surface area contributed by atoms with Crippen LogP contribution in [-0.4, -0.2) is 54.3 Å². The van der Waals surface area contributed by atoms with Crippen LogP contribution in [0.3, 0.4) is 0 Å². The van der Waals surface area contributed by atoms with Crippen LogP contribution in [0.1, 0.15) is 12.0 Å². The number of hydrogen-bond donors (Lipinski definition) is 1. The molecule has 3 rings (SSSR count). The number of benzene rings is 1. The Kier molecular flexibility index (Phi) is 8.62. The molecular formula is C18H25ClN4O2. The van der Waals surface area contributed by atoms with E-state index < -0.39 is 0 Å². The Morgan fingerprint density at radius 2 is 1.92 bits per heavy atom. The normalized spacial score (nSPS) is 14.7. The minimum Gasteiger partial charge on any atom is -0.424 e. The first kappa shape index (κ1) is 19.6. The van der Waals surface area contributed by atoms with Crippen LogP contribution in [0.2, 0.25) is 0 Å². The second-order valence-corrected chi connectivity index (χ2v) is 5.77. The zero-order chi connectivity index (χ0) is 16.5. The van der Waals surface area contributed by atoms with E-state index in [1.807, 2.05) is 18.2 Å². The topological polar surface area (TPSA) is 59.5 Å². The predicted molar refractivity (Wildman–Crippen MR) is 99.4 cm³/mol. The number of hydrogen-bond acceptors (Lipinski definition) is 6. The number of ether oxygens (including phenoxy) is 2. The van der Waals surface area contributed by atoms with E-state index in [1.165, 1.54) is 5.56 Å². The number of halogens is 1. The minimum absolute atomic E-state index is 0.